The Kier molecular flexibility index (Phi) is 3.41. The Morgan fingerprint density at radius 3 is 2.69 bits per heavy atom. The molecule has 1 heterocycles. The second-order valence-corrected chi connectivity index (χ2v) is 2.91. The van der Waals surface area contributed by atoms with Gasteiger partial charge in [0.2, 0.25) is 5.69 Å². The number of nitrogens with zero attached hydrogens (tertiary/aromatic N) is 2. The van der Waals surface area contributed by atoms with Gasteiger partial charge in [-0.3, -0.25) is 4.68 Å². The predicted molar refractivity (Wildman–Crippen MR) is 46.4 cm³/mol. The standard InChI is InChI=1S/C8H9F3N2O3/c1-2-13-3-5(6(12-13)7(14)15)16-4-8(9,10)11/h3H,2,4H2,1H3,(H,14,15). The van der Waals surface area contributed by atoms with Gasteiger partial charge in [-0.1, -0.05) is 0 Å². The molecule has 0 unspecified atom stereocenters. The molecule has 0 aliphatic heterocycles. The van der Waals surface area contributed by atoms with Gasteiger partial charge in [-0.05, 0) is 6.92 Å². The van der Waals surface area contributed by atoms with E-state index in [4.69, 9.17) is 5.11 Å². The van der Waals surface area contributed by atoms with Gasteiger partial charge in [0.25, 0.3) is 0 Å². The van der Waals surface area contributed by atoms with E-state index in [9.17, 15) is 18.0 Å². The van der Waals surface area contributed by atoms with Crippen LogP contribution in [0.4, 0.5) is 13.2 Å². The van der Waals surface area contributed by atoms with E-state index in [1.807, 2.05) is 0 Å². The lowest BCUT2D eigenvalue weighted by atomic mass is 10.4. The zero-order valence-corrected chi connectivity index (χ0v) is 8.28. The predicted octanol–water partition coefficient (Wildman–Crippen LogP) is 1.54. The van der Waals surface area contributed by atoms with Crippen LogP contribution in [0.2, 0.25) is 0 Å². The summed E-state index contributed by atoms with van der Waals surface area (Å²) in [5, 5.41) is 12.2. The van der Waals surface area contributed by atoms with E-state index in [-0.39, 0.29) is 5.75 Å². The summed E-state index contributed by atoms with van der Waals surface area (Å²) < 4.78 is 41.1. The van der Waals surface area contributed by atoms with Gasteiger partial charge in [0, 0.05) is 6.54 Å². The fraction of sp³-hybridized carbons (Fsp3) is 0.500. The Bertz CT molecular complexity index is 386. The molecule has 0 radical (unpaired) electrons. The van der Waals surface area contributed by atoms with Crippen molar-refractivity contribution in [1.29, 1.82) is 0 Å². The minimum Gasteiger partial charge on any atom is -0.480 e. The van der Waals surface area contributed by atoms with Crippen LogP contribution >= 0.6 is 0 Å². The van der Waals surface area contributed by atoms with E-state index in [1.165, 1.54) is 4.68 Å². The smallest absolute Gasteiger partial charge is 0.422 e. The first kappa shape index (κ1) is 12.3. The number of ether oxygens (including phenoxy) is 1. The molecule has 1 aromatic heterocycles. The van der Waals surface area contributed by atoms with Crippen molar-refractivity contribution in [2.75, 3.05) is 6.61 Å². The number of aryl methyl sites for hydroxylation is 1. The summed E-state index contributed by atoms with van der Waals surface area (Å²) in [6, 6.07) is 0. The van der Waals surface area contributed by atoms with Gasteiger partial charge in [0.15, 0.2) is 12.4 Å². The lowest BCUT2D eigenvalue weighted by molar-refractivity contribution is -0.153. The monoisotopic (exact) mass is 238 g/mol. The number of hydrogen-bond acceptors (Lipinski definition) is 3. The maximum Gasteiger partial charge on any atom is 0.422 e. The van der Waals surface area contributed by atoms with Crippen LogP contribution in [0.25, 0.3) is 0 Å². The minimum absolute atomic E-state index is 0.343. The van der Waals surface area contributed by atoms with Crippen LogP contribution in [0.5, 0.6) is 5.75 Å². The zero-order chi connectivity index (χ0) is 12.3. The number of rotatable bonds is 4. The fourth-order valence-corrected chi connectivity index (χ4v) is 0.978. The number of halogens is 3. The number of carboxylic acid groups (broad SMARTS) is 1. The molecule has 0 amide bonds. The highest BCUT2D eigenvalue weighted by molar-refractivity contribution is 5.88. The van der Waals surface area contributed by atoms with E-state index in [2.05, 4.69) is 9.84 Å². The summed E-state index contributed by atoms with van der Waals surface area (Å²) in [6.45, 7) is 0.477. The summed E-state index contributed by atoms with van der Waals surface area (Å²) >= 11 is 0. The maximum absolute atomic E-state index is 11.9. The molecule has 16 heavy (non-hydrogen) atoms. The summed E-state index contributed by atoms with van der Waals surface area (Å²) in [6.07, 6.45) is -3.39. The van der Waals surface area contributed by atoms with Crippen molar-refractivity contribution in [3.63, 3.8) is 0 Å². The Morgan fingerprint density at radius 2 is 2.25 bits per heavy atom. The molecule has 1 N–H and O–H groups in total. The number of aromatic carboxylic acids is 1. The third-order valence-corrected chi connectivity index (χ3v) is 1.65. The van der Waals surface area contributed by atoms with Crippen molar-refractivity contribution in [3.05, 3.63) is 11.9 Å². The number of hydrogen-bond donors (Lipinski definition) is 1. The largest absolute Gasteiger partial charge is 0.480 e. The molecule has 90 valence electrons. The average Bonchev–Trinajstić information content (AvgIpc) is 2.56. The molecule has 0 aromatic carbocycles. The fourth-order valence-electron chi connectivity index (χ4n) is 0.978. The molecule has 0 saturated carbocycles. The SMILES string of the molecule is CCn1cc(OCC(F)(F)F)c(C(=O)O)n1. The first-order valence-corrected chi connectivity index (χ1v) is 4.33. The molecule has 5 nitrogen and oxygen atoms in total. The number of aromatic nitrogens is 2. The highest BCUT2D eigenvalue weighted by Gasteiger charge is 2.30. The molecule has 8 heteroatoms. The highest BCUT2D eigenvalue weighted by Crippen LogP contribution is 2.21. The molecular weight excluding hydrogens is 229 g/mol. The van der Waals surface area contributed by atoms with E-state index in [0.717, 1.165) is 6.20 Å². The lowest BCUT2D eigenvalue weighted by Crippen LogP contribution is -2.19. The van der Waals surface area contributed by atoms with E-state index < -0.39 is 24.4 Å². The Balaban J connectivity index is 2.85. The van der Waals surface area contributed by atoms with Crippen molar-refractivity contribution < 1.29 is 27.8 Å². The summed E-state index contributed by atoms with van der Waals surface area (Å²) in [7, 11) is 0. The molecule has 0 aliphatic rings. The topological polar surface area (TPSA) is 64.3 Å². The molecule has 0 aliphatic carbocycles. The van der Waals surface area contributed by atoms with Crippen molar-refractivity contribution in [1.82, 2.24) is 9.78 Å². The molecule has 0 fully saturated rings. The average molecular weight is 238 g/mol. The van der Waals surface area contributed by atoms with Gasteiger partial charge in [-0.25, -0.2) is 4.79 Å². The Hall–Kier alpha value is -1.73. The molecular formula is C8H9F3N2O3. The minimum atomic E-state index is -4.51. The van der Waals surface area contributed by atoms with Crippen molar-refractivity contribution >= 4 is 5.97 Å². The molecule has 1 rings (SSSR count). The number of carboxylic acids is 1. The lowest BCUT2D eigenvalue weighted by Gasteiger charge is -2.07. The molecule has 0 spiro atoms. The van der Waals surface area contributed by atoms with Crippen LogP contribution in [0.1, 0.15) is 17.4 Å². The zero-order valence-electron chi connectivity index (χ0n) is 8.28. The normalized spacial score (nSPS) is 11.5. The Labute approximate surface area is 88.4 Å². The van der Waals surface area contributed by atoms with Crippen LogP contribution in [0.15, 0.2) is 6.20 Å². The second-order valence-electron chi connectivity index (χ2n) is 2.91. The van der Waals surface area contributed by atoms with Crippen molar-refractivity contribution in [2.45, 2.75) is 19.6 Å². The molecule has 0 atom stereocenters. The summed E-state index contributed by atoms with van der Waals surface area (Å²) in [4.78, 5) is 10.6. The van der Waals surface area contributed by atoms with Crippen LogP contribution in [-0.2, 0) is 6.54 Å². The second kappa shape index (κ2) is 4.42. The van der Waals surface area contributed by atoms with Crippen molar-refractivity contribution in [2.24, 2.45) is 0 Å². The van der Waals surface area contributed by atoms with Gasteiger partial charge in [0.1, 0.15) is 0 Å². The van der Waals surface area contributed by atoms with Crippen molar-refractivity contribution in [3.8, 4) is 5.75 Å². The first-order valence-electron chi connectivity index (χ1n) is 4.33. The molecule has 0 bridgehead atoms. The molecule has 0 saturated heterocycles. The van der Waals surface area contributed by atoms with Crippen LogP contribution in [0, 0.1) is 0 Å². The van der Waals surface area contributed by atoms with E-state index in [0.29, 0.717) is 6.54 Å². The van der Waals surface area contributed by atoms with E-state index >= 15 is 0 Å². The quantitative estimate of drug-likeness (QED) is 0.864. The van der Waals surface area contributed by atoms with Gasteiger partial charge in [-0.15, -0.1) is 0 Å². The van der Waals surface area contributed by atoms with Gasteiger partial charge in [-0.2, -0.15) is 18.3 Å². The summed E-state index contributed by atoms with van der Waals surface area (Å²) in [5.74, 6) is -1.81. The third-order valence-electron chi connectivity index (χ3n) is 1.65. The van der Waals surface area contributed by atoms with Gasteiger partial charge in [0.05, 0.1) is 6.20 Å². The van der Waals surface area contributed by atoms with Gasteiger partial charge >= 0.3 is 12.1 Å². The third kappa shape index (κ3) is 3.14. The highest BCUT2D eigenvalue weighted by atomic mass is 19.4. The van der Waals surface area contributed by atoms with E-state index in [1.54, 1.807) is 6.92 Å². The van der Waals surface area contributed by atoms with Crippen LogP contribution in [0.3, 0.4) is 0 Å². The summed E-state index contributed by atoms with van der Waals surface area (Å²) in [5.41, 5.74) is -0.522. The number of alkyl halides is 3. The first-order chi connectivity index (χ1) is 7.33. The Morgan fingerprint density at radius 1 is 1.62 bits per heavy atom. The maximum atomic E-state index is 11.9. The molecule has 1 aromatic rings. The van der Waals surface area contributed by atoms with Gasteiger partial charge < -0.3 is 9.84 Å². The van der Waals surface area contributed by atoms with Crippen LogP contribution < -0.4 is 4.74 Å². The number of carbonyl (C=O) groups is 1. The van der Waals surface area contributed by atoms with Crippen LogP contribution in [-0.4, -0.2) is 33.6 Å².